The summed E-state index contributed by atoms with van der Waals surface area (Å²) in [6, 6.07) is 1.64. The summed E-state index contributed by atoms with van der Waals surface area (Å²) in [6.45, 7) is 13.7. The Bertz CT molecular complexity index is 1230. The quantitative estimate of drug-likeness (QED) is 0.507. The van der Waals surface area contributed by atoms with Gasteiger partial charge >= 0.3 is 0 Å². The maximum atomic E-state index is 14.6. The number of rotatable bonds is 0. The predicted molar refractivity (Wildman–Crippen MR) is 116 cm³/mol. The van der Waals surface area contributed by atoms with Crippen LogP contribution in [-0.4, -0.2) is 9.88 Å². The van der Waals surface area contributed by atoms with Crippen LogP contribution in [0.5, 0.6) is 0 Å². The van der Waals surface area contributed by atoms with Gasteiger partial charge in [-0.2, -0.15) is 0 Å². The van der Waals surface area contributed by atoms with Crippen molar-refractivity contribution in [2.75, 3.05) is 0 Å². The summed E-state index contributed by atoms with van der Waals surface area (Å²) in [5, 5.41) is 1.21. The number of allylic oxidation sites excluding steroid dienone is 4. The van der Waals surface area contributed by atoms with E-state index in [9.17, 15) is 4.39 Å². The molecule has 0 saturated carbocycles. The van der Waals surface area contributed by atoms with Gasteiger partial charge in [-0.1, -0.05) is 25.7 Å². The van der Waals surface area contributed by atoms with Crippen LogP contribution in [0.15, 0.2) is 47.7 Å². The van der Waals surface area contributed by atoms with Gasteiger partial charge in [0.25, 0.3) is 0 Å². The summed E-state index contributed by atoms with van der Waals surface area (Å²) in [6.07, 6.45) is 7.44. The molecule has 1 unspecified atom stereocenters. The van der Waals surface area contributed by atoms with Crippen molar-refractivity contribution in [2.45, 2.75) is 52.5 Å². The Morgan fingerprint density at radius 1 is 1.10 bits per heavy atom. The first-order chi connectivity index (χ1) is 14.0. The normalized spacial score (nSPS) is 22.7. The van der Waals surface area contributed by atoms with E-state index < -0.39 is 0 Å². The van der Waals surface area contributed by atoms with Crippen molar-refractivity contribution in [3.05, 3.63) is 81.5 Å². The Morgan fingerprint density at radius 3 is 2.72 bits per heavy atom. The number of fused-ring (bicyclic) bond motifs is 4. The van der Waals surface area contributed by atoms with Gasteiger partial charge in [-0.3, -0.25) is 0 Å². The van der Waals surface area contributed by atoms with Crippen LogP contribution in [0.1, 0.15) is 54.1 Å². The molecule has 0 amide bonds. The fraction of sp³-hybridized carbons (Fsp3) is 0.346. The molecule has 146 valence electrons. The summed E-state index contributed by atoms with van der Waals surface area (Å²) in [7, 11) is 0. The summed E-state index contributed by atoms with van der Waals surface area (Å²) in [5.41, 5.74) is 12.8. The lowest BCUT2D eigenvalue weighted by molar-refractivity contribution is 0.494. The van der Waals surface area contributed by atoms with Gasteiger partial charge in [0, 0.05) is 28.6 Å². The van der Waals surface area contributed by atoms with Gasteiger partial charge in [0.15, 0.2) is 0 Å². The van der Waals surface area contributed by atoms with Crippen molar-refractivity contribution in [1.82, 2.24) is 9.88 Å². The number of aryl methyl sites for hydroxylation is 2. The van der Waals surface area contributed by atoms with E-state index in [1.165, 1.54) is 33.2 Å². The van der Waals surface area contributed by atoms with Crippen LogP contribution in [0.4, 0.5) is 4.39 Å². The van der Waals surface area contributed by atoms with Crippen LogP contribution in [0.25, 0.3) is 16.6 Å². The van der Waals surface area contributed by atoms with E-state index >= 15 is 0 Å². The Hall–Kier alpha value is -2.68. The molecule has 3 heteroatoms. The second-order valence-corrected chi connectivity index (χ2v) is 9.00. The molecule has 1 aromatic heterocycles. The van der Waals surface area contributed by atoms with Crippen LogP contribution in [0.3, 0.4) is 0 Å². The molecule has 1 aromatic carbocycles. The zero-order valence-electron chi connectivity index (χ0n) is 17.2. The minimum Gasteiger partial charge on any atom is -0.335 e. The largest absolute Gasteiger partial charge is 0.335 e. The molecule has 0 spiro atoms. The number of hydrogen-bond donors (Lipinski definition) is 0. The number of aromatic nitrogens is 1. The summed E-state index contributed by atoms with van der Waals surface area (Å²) in [5.74, 6) is 0.214. The lowest BCUT2D eigenvalue weighted by atomic mass is 9.78. The molecule has 0 saturated heterocycles. The van der Waals surface area contributed by atoms with Crippen LogP contribution in [0.2, 0.25) is 0 Å². The second kappa shape index (κ2) is 5.69. The van der Waals surface area contributed by atoms with Crippen molar-refractivity contribution < 1.29 is 4.39 Å². The molecular formula is C26H25FN2. The maximum absolute atomic E-state index is 14.6. The highest BCUT2D eigenvalue weighted by Crippen LogP contribution is 2.49. The van der Waals surface area contributed by atoms with Crippen molar-refractivity contribution >= 4 is 16.6 Å². The topological polar surface area (TPSA) is 16.1 Å². The van der Waals surface area contributed by atoms with E-state index in [0.29, 0.717) is 5.92 Å². The zero-order valence-corrected chi connectivity index (χ0v) is 17.2. The third-order valence-corrected chi connectivity index (χ3v) is 7.61. The number of pyridine rings is 1. The fourth-order valence-corrected chi connectivity index (χ4v) is 5.82. The Kier molecular flexibility index (Phi) is 3.37. The summed E-state index contributed by atoms with van der Waals surface area (Å²) >= 11 is 0. The van der Waals surface area contributed by atoms with Crippen molar-refractivity contribution in [2.24, 2.45) is 5.92 Å². The number of hydrogen-bond acceptors (Lipinski definition) is 2. The third kappa shape index (κ3) is 2.13. The molecule has 4 aliphatic rings. The summed E-state index contributed by atoms with van der Waals surface area (Å²) in [4.78, 5) is 7.36. The monoisotopic (exact) mass is 384 g/mol. The summed E-state index contributed by atoms with van der Waals surface area (Å²) < 4.78 is 14.6. The predicted octanol–water partition coefficient (Wildman–Crippen LogP) is 6.14. The number of benzene rings is 1. The first-order valence-corrected chi connectivity index (χ1v) is 10.7. The van der Waals surface area contributed by atoms with Gasteiger partial charge in [-0.15, -0.1) is 0 Å². The van der Waals surface area contributed by atoms with Gasteiger partial charge in [0.2, 0.25) is 0 Å². The number of nitrogens with zero attached hydrogens (tertiary/aromatic N) is 2. The average Bonchev–Trinajstić information content (AvgIpc) is 3.08. The second-order valence-electron chi connectivity index (χ2n) is 9.00. The molecule has 0 fully saturated rings. The van der Waals surface area contributed by atoms with Gasteiger partial charge < -0.3 is 4.90 Å². The SMILES string of the molecule is C=C1CCC2=C(C=C3c4nc5cc(F)c(C)c6c5c(c4CN3C2=C)CCC6)C1C. The lowest BCUT2D eigenvalue weighted by Crippen LogP contribution is -2.24. The van der Waals surface area contributed by atoms with Gasteiger partial charge in [-0.05, 0) is 72.9 Å². The molecule has 2 aliphatic heterocycles. The van der Waals surface area contributed by atoms with E-state index in [0.717, 1.165) is 72.4 Å². The average molecular weight is 384 g/mol. The maximum Gasteiger partial charge on any atom is 0.128 e. The van der Waals surface area contributed by atoms with Crippen molar-refractivity contribution in [3.8, 4) is 0 Å². The highest BCUT2D eigenvalue weighted by molar-refractivity contribution is 5.92. The van der Waals surface area contributed by atoms with Crippen LogP contribution in [0, 0.1) is 18.7 Å². The minimum absolute atomic E-state index is 0.133. The molecule has 2 aromatic rings. The first kappa shape index (κ1) is 17.2. The Balaban J connectivity index is 1.62. The highest BCUT2D eigenvalue weighted by atomic mass is 19.1. The fourth-order valence-electron chi connectivity index (χ4n) is 5.82. The molecule has 29 heavy (non-hydrogen) atoms. The molecule has 0 bridgehead atoms. The molecule has 2 nitrogen and oxygen atoms in total. The van der Waals surface area contributed by atoms with Crippen LogP contribution >= 0.6 is 0 Å². The minimum atomic E-state index is -0.133. The van der Waals surface area contributed by atoms with Crippen molar-refractivity contribution in [3.63, 3.8) is 0 Å². The first-order valence-electron chi connectivity index (χ1n) is 10.7. The van der Waals surface area contributed by atoms with Gasteiger partial charge in [0.05, 0.1) is 23.5 Å². The van der Waals surface area contributed by atoms with Gasteiger partial charge in [-0.25, -0.2) is 9.37 Å². The molecule has 1 atom stereocenters. The van der Waals surface area contributed by atoms with E-state index in [1.54, 1.807) is 6.07 Å². The Morgan fingerprint density at radius 2 is 1.90 bits per heavy atom. The molecule has 3 heterocycles. The Labute approximate surface area is 171 Å². The molecule has 6 rings (SSSR count). The van der Waals surface area contributed by atoms with E-state index in [-0.39, 0.29) is 5.82 Å². The van der Waals surface area contributed by atoms with Crippen LogP contribution in [-0.2, 0) is 19.4 Å². The highest BCUT2D eigenvalue weighted by Gasteiger charge is 2.38. The smallest absolute Gasteiger partial charge is 0.128 e. The molecule has 0 radical (unpaired) electrons. The molecule has 0 N–H and O–H groups in total. The third-order valence-electron chi connectivity index (χ3n) is 7.61. The van der Waals surface area contributed by atoms with E-state index in [4.69, 9.17) is 4.98 Å². The van der Waals surface area contributed by atoms with Gasteiger partial charge in [0.1, 0.15) is 5.82 Å². The van der Waals surface area contributed by atoms with Crippen molar-refractivity contribution in [1.29, 1.82) is 0 Å². The molecular weight excluding hydrogens is 359 g/mol. The molecule has 2 aliphatic carbocycles. The number of halogens is 1. The van der Waals surface area contributed by atoms with E-state index in [2.05, 4.69) is 31.1 Å². The van der Waals surface area contributed by atoms with Crippen LogP contribution < -0.4 is 0 Å². The zero-order chi connectivity index (χ0) is 20.0. The lowest BCUT2D eigenvalue weighted by Gasteiger charge is -2.36. The van der Waals surface area contributed by atoms with E-state index in [1.807, 2.05) is 6.92 Å². The standard InChI is InChI=1S/C26H25FN2/c1-13-8-9-18-16(4)29-12-21-19-7-5-6-17-15(3)22(27)11-23(25(17)19)28-26(21)24(29)10-20(18)14(13)2/h10-11,14H,1,4-9,12H2,2-3H3.